The predicted octanol–water partition coefficient (Wildman–Crippen LogP) is 2.27. The Morgan fingerprint density at radius 1 is 1.43 bits per heavy atom. The highest BCUT2D eigenvalue weighted by atomic mass is 35.5. The summed E-state index contributed by atoms with van der Waals surface area (Å²) in [6.45, 7) is 6.40. The van der Waals surface area contributed by atoms with Crippen LogP contribution >= 0.6 is 11.6 Å². The lowest BCUT2D eigenvalue weighted by Crippen LogP contribution is -2.30. The molecule has 1 rings (SSSR count). The third-order valence-electron chi connectivity index (χ3n) is 2.87. The minimum atomic E-state index is 0.701. The van der Waals surface area contributed by atoms with Crippen molar-refractivity contribution in [2.24, 2.45) is 11.8 Å². The van der Waals surface area contributed by atoms with Crippen LogP contribution < -0.4 is 5.32 Å². The van der Waals surface area contributed by atoms with Crippen molar-refractivity contribution in [3.05, 3.63) is 0 Å². The van der Waals surface area contributed by atoms with Crippen LogP contribution in [0.5, 0.6) is 0 Å². The van der Waals surface area contributed by atoms with Crippen LogP contribution in [0, 0.1) is 11.8 Å². The molecule has 0 aromatic heterocycles. The fraction of sp³-hybridized carbons (Fsp3) is 1.00. The molecule has 1 fully saturated rings. The summed E-state index contributed by atoms with van der Waals surface area (Å²) in [5.41, 5.74) is 0. The summed E-state index contributed by atoms with van der Waals surface area (Å²) >= 11 is 5.68. The van der Waals surface area contributed by atoms with Crippen LogP contribution in [-0.2, 0) is 4.74 Å². The van der Waals surface area contributed by atoms with Gasteiger partial charge in [-0.05, 0) is 44.2 Å². The Labute approximate surface area is 92.3 Å². The lowest BCUT2D eigenvalue weighted by molar-refractivity contribution is 0.0661. The summed E-state index contributed by atoms with van der Waals surface area (Å²) in [6.07, 6.45) is 3.55. The molecule has 0 saturated carbocycles. The standard InChI is InChI=1S/C11H22ClNO/c1-10(2-5-12)8-13-9-11-3-6-14-7-4-11/h10-11,13H,2-9H2,1H3. The lowest BCUT2D eigenvalue weighted by Gasteiger charge is -2.23. The van der Waals surface area contributed by atoms with E-state index in [0.717, 1.165) is 44.5 Å². The molecule has 3 heteroatoms. The topological polar surface area (TPSA) is 21.3 Å². The first-order chi connectivity index (χ1) is 6.83. The molecule has 84 valence electrons. The monoisotopic (exact) mass is 219 g/mol. The van der Waals surface area contributed by atoms with E-state index in [1.165, 1.54) is 12.8 Å². The van der Waals surface area contributed by atoms with Crippen molar-refractivity contribution in [2.45, 2.75) is 26.2 Å². The van der Waals surface area contributed by atoms with Crippen LogP contribution in [0.15, 0.2) is 0 Å². The molecule has 0 bridgehead atoms. The van der Waals surface area contributed by atoms with Crippen molar-refractivity contribution in [1.29, 1.82) is 0 Å². The van der Waals surface area contributed by atoms with Gasteiger partial charge in [0.05, 0.1) is 0 Å². The van der Waals surface area contributed by atoms with Crippen molar-refractivity contribution in [3.8, 4) is 0 Å². The van der Waals surface area contributed by atoms with Gasteiger partial charge in [0.15, 0.2) is 0 Å². The number of nitrogens with one attached hydrogen (secondary N) is 1. The molecular formula is C11H22ClNO. The third-order valence-corrected chi connectivity index (χ3v) is 3.09. The fourth-order valence-corrected chi connectivity index (χ4v) is 2.15. The van der Waals surface area contributed by atoms with Crippen LogP contribution in [0.2, 0.25) is 0 Å². The highest BCUT2D eigenvalue weighted by molar-refractivity contribution is 6.17. The maximum atomic E-state index is 5.68. The van der Waals surface area contributed by atoms with Crippen LogP contribution in [0.1, 0.15) is 26.2 Å². The third kappa shape index (κ3) is 5.18. The number of halogens is 1. The second-order valence-corrected chi connectivity index (χ2v) is 4.67. The van der Waals surface area contributed by atoms with Crippen molar-refractivity contribution in [3.63, 3.8) is 0 Å². The molecule has 14 heavy (non-hydrogen) atoms. The van der Waals surface area contributed by atoms with E-state index in [0.29, 0.717) is 5.92 Å². The molecule has 1 N–H and O–H groups in total. The Balaban J connectivity index is 1.96. The van der Waals surface area contributed by atoms with Crippen LogP contribution in [0.25, 0.3) is 0 Å². The van der Waals surface area contributed by atoms with Gasteiger partial charge in [-0.3, -0.25) is 0 Å². The summed E-state index contributed by atoms with van der Waals surface area (Å²) in [7, 11) is 0. The average molecular weight is 220 g/mol. The maximum Gasteiger partial charge on any atom is 0.0469 e. The average Bonchev–Trinajstić information content (AvgIpc) is 2.20. The van der Waals surface area contributed by atoms with Gasteiger partial charge >= 0.3 is 0 Å². The predicted molar refractivity (Wildman–Crippen MR) is 60.9 cm³/mol. The summed E-state index contributed by atoms with van der Waals surface area (Å²) in [6, 6.07) is 0. The zero-order valence-corrected chi connectivity index (χ0v) is 9.85. The van der Waals surface area contributed by atoms with Crippen LogP contribution in [0.3, 0.4) is 0 Å². The van der Waals surface area contributed by atoms with E-state index >= 15 is 0 Å². The Hall–Kier alpha value is 0.210. The highest BCUT2D eigenvalue weighted by Crippen LogP contribution is 2.13. The molecule has 0 aromatic carbocycles. The number of rotatable bonds is 6. The Morgan fingerprint density at radius 2 is 2.14 bits per heavy atom. The fourth-order valence-electron chi connectivity index (χ4n) is 1.77. The van der Waals surface area contributed by atoms with E-state index in [1.807, 2.05) is 0 Å². The van der Waals surface area contributed by atoms with Crippen LogP contribution in [0.4, 0.5) is 0 Å². The van der Waals surface area contributed by atoms with Gasteiger partial charge in [-0.15, -0.1) is 11.6 Å². The van der Waals surface area contributed by atoms with Gasteiger partial charge < -0.3 is 10.1 Å². The first-order valence-electron chi connectivity index (χ1n) is 5.67. The van der Waals surface area contributed by atoms with E-state index in [4.69, 9.17) is 16.3 Å². The summed E-state index contributed by atoms with van der Waals surface area (Å²) in [5.74, 6) is 2.31. The molecular weight excluding hydrogens is 198 g/mol. The van der Waals surface area contributed by atoms with Gasteiger partial charge in [-0.1, -0.05) is 6.92 Å². The smallest absolute Gasteiger partial charge is 0.0469 e. The lowest BCUT2D eigenvalue weighted by atomic mass is 10.00. The molecule has 1 aliphatic rings. The molecule has 2 nitrogen and oxygen atoms in total. The number of hydrogen-bond donors (Lipinski definition) is 1. The summed E-state index contributed by atoms with van der Waals surface area (Å²) in [5, 5.41) is 3.53. The molecule has 0 spiro atoms. The van der Waals surface area contributed by atoms with E-state index < -0.39 is 0 Å². The largest absolute Gasteiger partial charge is 0.381 e. The second-order valence-electron chi connectivity index (χ2n) is 4.30. The Bertz CT molecular complexity index is 137. The summed E-state index contributed by atoms with van der Waals surface area (Å²) in [4.78, 5) is 0. The number of ether oxygens (including phenoxy) is 1. The van der Waals surface area contributed by atoms with Gasteiger partial charge in [0.2, 0.25) is 0 Å². The first kappa shape index (κ1) is 12.3. The molecule has 1 atom stereocenters. The minimum Gasteiger partial charge on any atom is -0.381 e. The van der Waals surface area contributed by atoms with Crippen molar-refractivity contribution in [1.82, 2.24) is 5.32 Å². The number of hydrogen-bond acceptors (Lipinski definition) is 2. The molecule has 1 unspecified atom stereocenters. The SMILES string of the molecule is CC(CCCl)CNCC1CCOCC1. The molecule has 1 aliphatic heterocycles. The molecule has 0 aliphatic carbocycles. The van der Waals surface area contributed by atoms with Gasteiger partial charge in [0, 0.05) is 19.1 Å². The van der Waals surface area contributed by atoms with Crippen molar-refractivity contribution in [2.75, 3.05) is 32.2 Å². The van der Waals surface area contributed by atoms with E-state index in [1.54, 1.807) is 0 Å². The zero-order chi connectivity index (χ0) is 10.2. The molecule has 1 heterocycles. The summed E-state index contributed by atoms with van der Waals surface area (Å²) < 4.78 is 5.32. The maximum absolute atomic E-state index is 5.68. The molecule has 0 aromatic rings. The second kappa shape index (κ2) is 7.49. The quantitative estimate of drug-likeness (QED) is 0.693. The zero-order valence-electron chi connectivity index (χ0n) is 9.10. The van der Waals surface area contributed by atoms with Gasteiger partial charge in [0.25, 0.3) is 0 Å². The van der Waals surface area contributed by atoms with Crippen molar-refractivity contribution >= 4 is 11.6 Å². The van der Waals surface area contributed by atoms with Gasteiger partial charge in [-0.25, -0.2) is 0 Å². The van der Waals surface area contributed by atoms with Gasteiger partial charge in [0.1, 0.15) is 0 Å². The van der Waals surface area contributed by atoms with E-state index in [2.05, 4.69) is 12.2 Å². The molecule has 0 radical (unpaired) electrons. The number of alkyl halides is 1. The Kier molecular flexibility index (Phi) is 6.57. The normalized spacial score (nSPS) is 21.0. The van der Waals surface area contributed by atoms with Crippen LogP contribution in [-0.4, -0.2) is 32.2 Å². The first-order valence-corrected chi connectivity index (χ1v) is 6.20. The molecule has 1 saturated heterocycles. The van der Waals surface area contributed by atoms with E-state index in [-0.39, 0.29) is 0 Å². The van der Waals surface area contributed by atoms with Crippen molar-refractivity contribution < 1.29 is 4.74 Å². The highest BCUT2D eigenvalue weighted by Gasteiger charge is 2.13. The molecule has 0 amide bonds. The Morgan fingerprint density at radius 3 is 2.79 bits per heavy atom. The van der Waals surface area contributed by atoms with Gasteiger partial charge in [-0.2, -0.15) is 0 Å². The minimum absolute atomic E-state index is 0.701. The van der Waals surface area contributed by atoms with E-state index in [9.17, 15) is 0 Å².